The Morgan fingerprint density at radius 3 is 3.00 bits per heavy atom. The Bertz CT molecular complexity index is 735. The van der Waals surface area contributed by atoms with Gasteiger partial charge in [0.2, 0.25) is 0 Å². The van der Waals surface area contributed by atoms with Gasteiger partial charge in [0, 0.05) is 6.42 Å². The minimum atomic E-state index is 0.00473. The zero-order valence-electron chi connectivity index (χ0n) is 10.7. The molecule has 19 heavy (non-hydrogen) atoms. The number of ether oxygens (including phenoxy) is 1. The number of aromatic nitrogens is 2. The topological polar surface area (TPSA) is 37.9 Å². The maximum atomic E-state index is 5.96. The monoisotopic (exact) mass is 250 g/mol. The Balaban J connectivity index is 1.73. The number of para-hydroxylation sites is 1. The van der Waals surface area contributed by atoms with E-state index in [0.29, 0.717) is 0 Å². The number of nitrogens with zero attached hydrogens (tertiary/aromatic N) is 1. The van der Waals surface area contributed by atoms with Gasteiger partial charge in [-0.1, -0.05) is 24.3 Å². The fourth-order valence-electron chi connectivity index (χ4n) is 2.63. The highest BCUT2D eigenvalue weighted by atomic mass is 16.5. The Morgan fingerprint density at radius 2 is 2.11 bits per heavy atom. The average molecular weight is 250 g/mol. The lowest BCUT2D eigenvalue weighted by Crippen LogP contribution is -2.05. The van der Waals surface area contributed by atoms with Crippen molar-refractivity contribution in [2.75, 3.05) is 0 Å². The molecule has 0 saturated carbocycles. The van der Waals surface area contributed by atoms with Gasteiger partial charge in [-0.15, -0.1) is 0 Å². The molecule has 3 heteroatoms. The summed E-state index contributed by atoms with van der Waals surface area (Å²) in [4.78, 5) is 8.02. The molecule has 94 valence electrons. The second-order valence-corrected chi connectivity index (χ2v) is 5.06. The second-order valence-electron chi connectivity index (χ2n) is 5.06. The van der Waals surface area contributed by atoms with Gasteiger partial charge in [0.1, 0.15) is 11.6 Å². The number of H-pyrrole nitrogens is 1. The SMILES string of the molecule is Cc1ccc2nc(C3Cc4ccccc4O3)[nH]c2c1. The molecule has 0 amide bonds. The van der Waals surface area contributed by atoms with Crippen LogP contribution in [0.5, 0.6) is 5.75 Å². The number of benzene rings is 2. The lowest BCUT2D eigenvalue weighted by atomic mass is 10.1. The fraction of sp³-hybridized carbons (Fsp3) is 0.188. The molecular weight excluding hydrogens is 236 g/mol. The number of aryl methyl sites for hydroxylation is 1. The van der Waals surface area contributed by atoms with Gasteiger partial charge in [0.05, 0.1) is 11.0 Å². The van der Waals surface area contributed by atoms with Crippen LogP contribution in [0, 0.1) is 6.92 Å². The Kier molecular flexibility index (Phi) is 2.15. The molecule has 0 saturated heterocycles. The van der Waals surface area contributed by atoms with Gasteiger partial charge in [0.15, 0.2) is 6.10 Å². The minimum absolute atomic E-state index is 0.00473. The van der Waals surface area contributed by atoms with Crippen LogP contribution in [0.25, 0.3) is 11.0 Å². The molecule has 3 nitrogen and oxygen atoms in total. The van der Waals surface area contributed by atoms with E-state index in [1.807, 2.05) is 24.3 Å². The van der Waals surface area contributed by atoms with Crippen molar-refractivity contribution in [2.24, 2.45) is 0 Å². The molecule has 3 aromatic rings. The van der Waals surface area contributed by atoms with E-state index in [4.69, 9.17) is 4.74 Å². The van der Waals surface area contributed by atoms with Crippen LogP contribution < -0.4 is 4.74 Å². The van der Waals surface area contributed by atoms with Crippen molar-refractivity contribution in [3.63, 3.8) is 0 Å². The van der Waals surface area contributed by atoms with Gasteiger partial charge in [-0.05, 0) is 36.2 Å². The maximum absolute atomic E-state index is 5.96. The number of fused-ring (bicyclic) bond motifs is 2. The van der Waals surface area contributed by atoms with E-state index < -0.39 is 0 Å². The molecule has 1 aliphatic heterocycles. The van der Waals surface area contributed by atoms with Crippen molar-refractivity contribution < 1.29 is 4.74 Å². The molecule has 1 unspecified atom stereocenters. The first kappa shape index (κ1) is 10.6. The molecule has 1 aliphatic rings. The van der Waals surface area contributed by atoms with Crippen molar-refractivity contribution in [1.82, 2.24) is 9.97 Å². The van der Waals surface area contributed by atoms with Gasteiger partial charge in [-0.25, -0.2) is 4.98 Å². The van der Waals surface area contributed by atoms with E-state index in [9.17, 15) is 0 Å². The van der Waals surface area contributed by atoms with E-state index in [0.717, 1.165) is 29.0 Å². The van der Waals surface area contributed by atoms with Crippen LogP contribution in [0.3, 0.4) is 0 Å². The molecule has 1 aromatic heterocycles. The number of rotatable bonds is 1. The van der Waals surface area contributed by atoms with Gasteiger partial charge in [0.25, 0.3) is 0 Å². The normalized spacial score (nSPS) is 17.4. The molecule has 2 aromatic carbocycles. The summed E-state index contributed by atoms with van der Waals surface area (Å²) in [5, 5.41) is 0. The van der Waals surface area contributed by atoms with Gasteiger partial charge in [-0.2, -0.15) is 0 Å². The Morgan fingerprint density at radius 1 is 1.21 bits per heavy atom. The highest BCUT2D eigenvalue weighted by Crippen LogP contribution is 2.35. The summed E-state index contributed by atoms with van der Waals surface area (Å²) in [6.07, 6.45) is 0.889. The molecule has 0 aliphatic carbocycles. The van der Waals surface area contributed by atoms with Crippen LogP contribution in [0.15, 0.2) is 42.5 Å². The van der Waals surface area contributed by atoms with Crippen molar-refractivity contribution in [3.05, 3.63) is 59.4 Å². The number of aromatic amines is 1. The second kappa shape index (κ2) is 3.85. The number of hydrogen-bond acceptors (Lipinski definition) is 2. The summed E-state index contributed by atoms with van der Waals surface area (Å²) in [7, 11) is 0. The van der Waals surface area contributed by atoms with E-state index in [-0.39, 0.29) is 6.10 Å². The molecule has 1 atom stereocenters. The van der Waals surface area contributed by atoms with Crippen molar-refractivity contribution in [3.8, 4) is 5.75 Å². The number of imidazole rings is 1. The third kappa shape index (κ3) is 1.70. The summed E-state index contributed by atoms with van der Waals surface area (Å²) in [5.74, 6) is 1.89. The molecule has 1 N–H and O–H groups in total. The number of hydrogen-bond donors (Lipinski definition) is 1. The van der Waals surface area contributed by atoms with E-state index >= 15 is 0 Å². The molecule has 0 bridgehead atoms. The first-order chi connectivity index (χ1) is 9.29. The first-order valence-electron chi connectivity index (χ1n) is 6.50. The summed E-state index contributed by atoms with van der Waals surface area (Å²) >= 11 is 0. The average Bonchev–Trinajstić information content (AvgIpc) is 3.00. The predicted octanol–water partition coefficient (Wildman–Crippen LogP) is 3.55. The summed E-state index contributed by atoms with van der Waals surface area (Å²) in [6.45, 7) is 2.09. The number of nitrogens with one attached hydrogen (secondary N) is 1. The minimum Gasteiger partial charge on any atom is -0.482 e. The van der Waals surface area contributed by atoms with E-state index in [2.05, 4.69) is 35.1 Å². The van der Waals surface area contributed by atoms with Crippen LogP contribution in [-0.2, 0) is 6.42 Å². The lowest BCUT2D eigenvalue weighted by molar-refractivity contribution is 0.229. The Labute approximate surface area is 111 Å². The molecule has 0 spiro atoms. The highest BCUT2D eigenvalue weighted by Gasteiger charge is 2.26. The zero-order valence-corrected chi connectivity index (χ0v) is 10.7. The zero-order chi connectivity index (χ0) is 12.8. The highest BCUT2D eigenvalue weighted by molar-refractivity contribution is 5.75. The quantitative estimate of drug-likeness (QED) is 0.717. The maximum Gasteiger partial charge on any atom is 0.160 e. The lowest BCUT2D eigenvalue weighted by Gasteiger charge is -2.06. The van der Waals surface area contributed by atoms with Gasteiger partial charge in [-0.3, -0.25) is 0 Å². The summed E-state index contributed by atoms with van der Waals surface area (Å²) < 4.78 is 5.96. The summed E-state index contributed by atoms with van der Waals surface area (Å²) in [6, 6.07) is 14.4. The Hall–Kier alpha value is -2.29. The fourth-order valence-corrected chi connectivity index (χ4v) is 2.63. The largest absolute Gasteiger partial charge is 0.482 e. The molecule has 4 rings (SSSR count). The van der Waals surface area contributed by atoms with Crippen LogP contribution in [-0.4, -0.2) is 9.97 Å². The van der Waals surface area contributed by atoms with Crippen LogP contribution >= 0.6 is 0 Å². The van der Waals surface area contributed by atoms with E-state index in [1.165, 1.54) is 11.1 Å². The van der Waals surface area contributed by atoms with E-state index in [1.54, 1.807) is 0 Å². The van der Waals surface area contributed by atoms with Crippen molar-refractivity contribution in [2.45, 2.75) is 19.4 Å². The van der Waals surface area contributed by atoms with Gasteiger partial charge >= 0.3 is 0 Å². The third-order valence-electron chi connectivity index (χ3n) is 3.61. The van der Waals surface area contributed by atoms with Crippen LogP contribution in [0.2, 0.25) is 0 Å². The van der Waals surface area contributed by atoms with Crippen LogP contribution in [0.4, 0.5) is 0 Å². The van der Waals surface area contributed by atoms with Crippen molar-refractivity contribution in [1.29, 1.82) is 0 Å². The standard InChI is InChI=1S/C16H14N2O/c1-10-6-7-12-13(8-10)18-16(17-12)15-9-11-4-2-3-5-14(11)19-15/h2-8,15H,9H2,1H3,(H,17,18). The first-order valence-corrected chi connectivity index (χ1v) is 6.50. The smallest absolute Gasteiger partial charge is 0.160 e. The van der Waals surface area contributed by atoms with Gasteiger partial charge < -0.3 is 9.72 Å². The van der Waals surface area contributed by atoms with Crippen LogP contribution in [0.1, 0.15) is 23.1 Å². The predicted molar refractivity (Wildman–Crippen MR) is 74.3 cm³/mol. The molecule has 0 fully saturated rings. The molecule has 2 heterocycles. The molecular formula is C16H14N2O. The summed E-state index contributed by atoms with van der Waals surface area (Å²) in [5.41, 5.74) is 4.57. The third-order valence-corrected chi connectivity index (χ3v) is 3.61. The molecule has 0 radical (unpaired) electrons. The van der Waals surface area contributed by atoms with Crippen molar-refractivity contribution >= 4 is 11.0 Å².